The Morgan fingerprint density at radius 3 is 2.20 bits per heavy atom. The lowest BCUT2D eigenvalue weighted by molar-refractivity contribution is 0.0999. The van der Waals surface area contributed by atoms with E-state index in [0.29, 0.717) is 12.1 Å². The van der Waals surface area contributed by atoms with E-state index in [2.05, 4.69) is 0 Å². The normalized spacial score (nSPS) is 48.2. The van der Waals surface area contributed by atoms with Gasteiger partial charge in [-0.25, -0.2) is 0 Å². The molecule has 194 valence electrons. The van der Waals surface area contributed by atoms with Crippen LogP contribution in [0.5, 0.6) is 0 Å². The molecule has 0 bridgehead atoms. The molecule has 7 aliphatic rings. The van der Waals surface area contributed by atoms with Crippen molar-refractivity contribution >= 4 is 5.71 Å². The summed E-state index contributed by atoms with van der Waals surface area (Å²) in [6.07, 6.45) is 29.0. The quantitative estimate of drug-likeness (QED) is 0.428. The second kappa shape index (κ2) is 9.92. The minimum atomic E-state index is 0.491. The third-order valence-electron chi connectivity index (χ3n) is 12.7. The van der Waals surface area contributed by atoms with Crippen molar-refractivity contribution in [2.75, 3.05) is 0 Å². The van der Waals surface area contributed by atoms with Gasteiger partial charge in [0.15, 0.2) is 0 Å². The predicted molar refractivity (Wildman–Crippen MR) is 146 cm³/mol. The van der Waals surface area contributed by atoms with Gasteiger partial charge in [-0.15, -0.1) is 0 Å². The smallest absolute Gasteiger partial charge is 0.0599 e. The third kappa shape index (κ3) is 4.30. The minimum absolute atomic E-state index is 0.491. The van der Waals surface area contributed by atoms with Gasteiger partial charge in [0.1, 0.15) is 0 Å². The summed E-state index contributed by atoms with van der Waals surface area (Å²) in [6, 6.07) is 1.15. The summed E-state index contributed by atoms with van der Waals surface area (Å²) in [5, 5.41) is 0. The molecule has 0 spiro atoms. The van der Waals surface area contributed by atoms with E-state index in [4.69, 9.17) is 10.7 Å². The van der Waals surface area contributed by atoms with Crippen LogP contribution in [0.15, 0.2) is 16.1 Å². The van der Waals surface area contributed by atoms with E-state index in [1.165, 1.54) is 128 Å². The van der Waals surface area contributed by atoms with E-state index in [0.717, 1.165) is 47.3 Å². The molecular formula is C33H52N2. The summed E-state index contributed by atoms with van der Waals surface area (Å²) in [5.74, 6) is 7.34. The van der Waals surface area contributed by atoms with Gasteiger partial charge in [0.25, 0.3) is 0 Å². The van der Waals surface area contributed by atoms with Crippen LogP contribution in [0.1, 0.15) is 128 Å². The topological polar surface area (TPSA) is 38.4 Å². The van der Waals surface area contributed by atoms with Crippen molar-refractivity contribution in [2.45, 2.75) is 141 Å². The molecular weight excluding hydrogens is 424 g/mol. The number of nitrogens with zero attached hydrogens (tertiary/aromatic N) is 1. The van der Waals surface area contributed by atoms with Gasteiger partial charge in [-0.05, 0) is 125 Å². The van der Waals surface area contributed by atoms with Crippen LogP contribution >= 0.6 is 0 Å². The van der Waals surface area contributed by atoms with Gasteiger partial charge in [0.2, 0.25) is 0 Å². The zero-order valence-corrected chi connectivity index (χ0v) is 22.4. The number of fused-ring (bicyclic) bond motifs is 6. The second-order valence-corrected chi connectivity index (χ2v) is 14.3. The van der Waals surface area contributed by atoms with Gasteiger partial charge < -0.3 is 5.73 Å². The van der Waals surface area contributed by atoms with Crippen LogP contribution < -0.4 is 5.73 Å². The molecule has 7 rings (SSSR count). The molecule has 2 nitrogen and oxygen atoms in total. The number of hydrogen-bond acceptors (Lipinski definition) is 2. The molecule has 2 N–H and O–H groups in total. The molecule has 0 aromatic carbocycles. The first-order chi connectivity index (χ1) is 17.3. The third-order valence-corrected chi connectivity index (χ3v) is 12.7. The molecule has 0 saturated heterocycles. The fourth-order valence-corrected chi connectivity index (χ4v) is 11.0. The minimum Gasteiger partial charge on any atom is -0.328 e. The first-order valence-electron chi connectivity index (χ1n) is 16.3. The van der Waals surface area contributed by atoms with Crippen molar-refractivity contribution in [2.24, 2.45) is 58.1 Å². The fourth-order valence-electron chi connectivity index (χ4n) is 11.0. The number of aliphatic imine (C=N–C) groups is 1. The Balaban J connectivity index is 1.22. The molecule has 1 heterocycles. The van der Waals surface area contributed by atoms with Crippen LogP contribution in [-0.4, -0.2) is 17.8 Å². The van der Waals surface area contributed by atoms with Crippen molar-refractivity contribution in [3.8, 4) is 0 Å². The number of rotatable bonds is 2. The molecule has 0 aromatic heterocycles. The van der Waals surface area contributed by atoms with E-state index in [-0.39, 0.29) is 0 Å². The van der Waals surface area contributed by atoms with Crippen LogP contribution in [0.2, 0.25) is 0 Å². The maximum Gasteiger partial charge on any atom is 0.0599 e. The molecule has 2 heteroatoms. The standard InChI is InChI=1S/C33H52N2/c34-26-16-12-21(13-17-26)24-8-5-9-25(20-24)31-29-18-14-22-6-1-3-10-27(22)32(29)35-33-28-11-4-2-7-23(28)15-19-30(31)33/h21-29,32H,1-20,34H2. The maximum atomic E-state index is 6.30. The van der Waals surface area contributed by atoms with Gasteiger partial charge in [0, 0.05) is 23.6 Å². The number of hydrogen-bond donors (Lipinski definition) is 1. The first kappa shape index (κ1) is 23.5. The molecule has 8 atom stereocenters. The van der Waals surface area contributed by atoms with Crippen LogP contribution in [0, 0.1) is 47.3 Å². The summed E-state index contributed by atoms with van der Waals surface area (Å²) in [7, 11) is 0. The Kier molecular flexibility index (Phi) is 6.66. The summed E-state index contributed by atoms with van der Waals surface area (Å²) in [4.78, 5) is 5.90. The van der Waals surface area contributed by atoms with Crippen molar-refractivity contribution in [1.29, 1.82) is 0 Å². The van der Waals surface area contributed by atoms with Gasteiger partial charge in [-0.1, -0.05) is 50.5 Å². The van der Waals surface area contributed by atoms with Gasteiger partial charge in [-0.3, -0.25) is 4.99 Å². The average molecular weight is 477 g/mol. The molecule has 6 fully saturated rings. The molecule has 6 saturated carbocycles. The van der Waals surface area contributed by atoms with Crippen molar-refractivity contribution in [3.05, 3.63) is 11.1 Å². The lowest BCUT2D eigenvalue weighted by atomic mass is 9.56. The van der Waals surface area contributed by atoms with E-state index < -0.39 is 0 Å². The molecule has 6 aliphatic carbocycles. The molecule has 0 amide bonds. The highest BCUT2D eigenvalue weighted by molar-refractivity contribution is 6.04. The Hall–Kier alpha value is -0.630. The Morgan fingerprint density at radius 1 is 0.571 bits per heavy atom. The number of dihydropyridines is 1. The van der Waals surface area contributed by atoms with Crippen molar-refractivity contribution < 1.29 is 0 Å². The molecule has 0 radical (unpaired) electrons. The SMILES string of the molecule is NC1CCC(C2CCCC(C3=C4CCC5CCCCC5C4=NC4C3CCC3CCCCC34)C2)CC1. The van der Waals surface area contributed by atoms with E-state index in [1.807, 2.05) is 11.1 Å². The van der Waals surface area contributed by atoms with Crippen LogP contribution in [-0.2, 0) is 0 Å². The molecule has 0 aromatic rings. The highest BCUT2D eigenvalue weighted by Crippen LogP contribution is 2.55. The highest BCUT2D eigenvalue weighted by Gasteiger charge is 2.49. The average Bonchev–Trinajstić information content (AvgIpc) is 2.92. The monoisotopic (exact) mass is 476 g/mol. The van der Waals surface area contributed by atoms with Crippen molar-refractivity contribution in [3.63, 3.8) is 0 Å². The van der Waals surface area contributed by atoms with E-state index in [1.54, 1.807) is 5.71 Å². The predicted octanol–water partition coefficient (Wildman–Crippen LogP) is 8.25. The Bertz CT molecular complexity index is 832. The molecule has 1 aliphatic heterocycles. The van der Waals surface area contributed by atoms with Gasteiger partial charge in [-0.2, -0.15) is 0 Å². The summed E-state index contributed by atoms with van der Waals surface area (Å²) in [5.41, 5.74) is 11.9. The Labute approximate surface area is 215 Å². The van der Waals surface area contributed by atoms with Crippen LogP contribution in [0.4, 0.5) is 0 Å². The highest BCUT2D eigenvalue weighted by atomic mass is 14.9. The fraction of sp³-hybridized carbons (Fsp3) is 0.909. The summed E-state index contributed by atoms with van der Waals surface area (Å²) < 4.78 is 0. The summed E-state index contributed by atoms with van der Waals surface area (Å²) in [6.45, 7) is 0. The zero-order valence-electron chi connectivity index (χ0n) is 22.4. The van der Waals surface area contributed by atoms with Crippen molar-refractivity contribution in [1.82, 2.24) is 0 Å². The largest absolute Gasteiger partial charge is 0.328 e. The van der Waals surface area contributed by atoms with E-state index >= 15 is 0 Å². The second-order valence-electron chi connectivity index (χ2n) is 14.3. The number of allylic oxidation sites excluding steroid dienone is 1. The summed E-state index contributed by atoms with van der Waals surface area (Å²) >= 11 is 0. The lowest BCUT2D eigenvalue weighted by Crippen LogP contribution is -2.47. The maximum absolute atomic E-state index is 6.30. The Morgan fingerprint density at radius 2 is 1.31 bits per heavy atom. The number of nitrogens with two attached hydrogens (primary N) is 1. The van der Waals surface area contributed by atoms with Crippen LogP contribution in [0.3, 0.4) is 0 Å². The van der Waals surface area contributed by atoms with Gasteiger partial charge in [0.05, 0.1) is 6.04 Å². The lowest BCUT2D eigenvalue weighted by Gasteiger charge is -2.52. The molecule has 8 unspecified atom stereocenters. The van der Waals surface area contributed by atoms with Crippen LogP contribution in [0.25, 0.3) is 0 Å². The van der Waals surface area contributed by atoms with E-state index in [9.17, 15) is 0 Å². The molecule has 35 heavy (non-hydrogen) atoms. The van der Waals surface area contributed by atoms with Gasteiger partial charge >= 0.3 is 0 Å². The first-order valence-corrected chi connectivity index (χ1v) is 16.3. The zero-order chi connectivity index (χ0) is 23.4.